The first-order valence-corrected chi connectivity index (χ1v) is 9.41. The van der Waals surface area contributed by atoms with Crippen LogP contribution in [-0.4, -0.2) is 49.9 Å². The molecule has 0 saturated carbocycles. The van der Waals surface area contributed by atoms with Crippen molar-refractivity contribution in [1.82, 2.24) is 4.90 Å². The summed E-state index contributed by atoms with van der Waals surface area (Å²) in [7, 11) is 1.44. The number of ether oxygens (including phenoxy) is 1. The summed E-state index contributed by atoms with van der Waals surface area (Å²) in [6.45, 7) is 0.155. The highest BCUT2D eigenvalue weighted by Gasteiger charge is 2.39. The maximum absolute atomic E-state index is 14.6. The molecule has 2 aromatic carbocycles. The number of amides is 1. The molecule has 2 N–H and O–H groups in total. The van der Waals surface area contributed by atoms with Crippen LogP contribution in [0.5, 0.6) is 0 Å². The van der Waals surface area contributed by atoms with E-state index in [1.807, 2.05) is 30.3 Å². The minimum absolute atomic E-state index is 0.0283. The van der Waals surface area contributed by atoms with E-state index in [1.54, 1.807) is 0 Å². The van der Waals surface area contributed by atoms with Gasteiger partial charge in [-0.05, 0) is 30.2 Å². The van der Waals surface area contributed by atoms with E-state index in [0.717, 1.165) is 17.7 Å². The lowest BCUT2D eigenvalue weighted by Crippen LogP contribution is -2.43. The van der Waals surface area contributed by atoms with Crippen LogP contribution in [0.1, 0.15) is 11.1 Å². The molecule has 3 rings (SSSR count). The molecule has 0 aliphatic carbocycles. The van der Waals surface area contributed by atoms with Crippen molar-refractivity contribution in [1.29, 1.82) is 0 Å². The molecule has 0 spiro atoms. The highest BCUT2D eigenvalue weighted by atomic mass is 19.1. The molecule has 0 radical (unpaired) electrons. The van der Waals surface area contributed by atoms with Crippen LogP contribution in [0.3, 0.4) is 0 Å². The van der Waals surface area contributed by atoms with Gasteiger partial charge in [-0.15, -0.1) is 0 Å². The first-order chi connectivity index (χ1) is 13.9. The first kappa shape index (κ1) is 21.0. The number of halogens is 3. The van der Waals surface area contributed by atoms with Gasteiger partial charge in [0.15, 0.2) is 0 Å². The third-order valence-electron chi connectivity index (χ3n) is 5.08. The maximum Gasteiger partial charge on any atom is 0.410 e. The standard InChI is InChI=1S/C21H24F3N3O2/c1-26(21(28)29-13-14-5-3-2-4-6-14)20-12-27(11-18(20)24)19-10-16(22)15(7-8-25)9-17(19)23/h2-6,9-10,18,20H,7-8,11-13,25H2,1H3. The number of hydrogen-bond donors (Lipinski definition) is 1. The van der Waals surface area contributed by atoms with Crippen molar-refractivity contribution >= 4 is 11.8 Å². The Morgan fingerprint density at radius 2 is 1.93 bits per heavy atom. The summed E-state index contributed by atoms with van der Waals surface area (Å²) < 4.78 is 48.5. The van der Waals surface area contributed by atoms with E-state index >= 15 is 0 Å². The van der Waals surface area contributed by atoms with Gasteiger partial charge >= 0.3 is 6.09 Å². The van der Waals surface area contributed by atoms with Gasteiger partial charge < -0.3 is 20.3 Å². The molecule has 2 unspecified atom stereocenters. The molecular weight excluding hydrogens is 383 g/mol. The van der Waals surface area contributed by atoms with Crippen LogP contribution in [0.4, 0.5) is 23.7 Å². The SMILES string of the molecule is CN(C(=O)OCc1ccccc1)C1CN(c2cc(F)c(CCN)cc2F)CC1F. The summed E-state index contributed by atoms with van der Waals surface area (Å²) in [5.41, 5.74) is 6.37. The second-order valence-corrected chi connectivity index (χ2v) is 7.07. The number of likely N-dealkylation sites (N-methyl/N-ethyl adjacent to an activating group) is 1. The van der Waals surface area contributed by atoms with Gasteiger partial charge in [0.1, 0.15) is 24.4 Å². The van der Waals surface area contributed by atoms with E-state index in [-0.39, 0.29) is 43.9 Å². The van der Waals surface area contributed by atoms with Crippen molar-refractivity contribution in [3.05, 3.63) is 65.2 Å². The topological polar surface area (TPSA) is 58.8 Å². The minimum atomic E-state index is -1.42. The Bertz CT molecular complexity index is 851. The first-order valence-electron chi connectivity index (χ1n) is 9.41. The fraction of sp³-hybridized carbons (Fsp3) is 0.381. The summed E-state index contributed by atoms with van der Waals surface area (Å²) in [5.74, 6) is -1.22. The molecule has 1 amide bonds. The fourth-order valence-electron chi connectivity index (χ4n) is 3.43. The normalized spacial score (nSPS) is 18.7. The quantitative estimate of drug-likeness (QED) is 0.799. The van der Waals surface area contributed by atoms with Crippen molar-refractivity contribution in [2.75, 3.05) is 31.6 Å². The molecule has 29 heavy (non-hydrogen) atoms. The highest BCUT2D eigenvalue weighted by Crippen LogP contribution is 2.29. The molecule has 1 heterocycles. The second kappa shape index (κ2) is 9.17. The van der Waals surface area contributed by atoms with E-state index in [2.05, 4.69) is 0 Å². The van der Waals surface area contributed by atoms with Crippen molar-refractivity contribution in [2.45, 2.75) is 25.2 Å². The van der Waals surface area contributed by atoms with Gasteiger partial charge in [0.25, 0.3) is 0 Å². The smallest absolute Gasteiger partial charge is 0.410 e. The number of nitrogens with zero attached hydrogens (tertiary/aromatic N) is 2. The van der Waals surface area contributed by atoms with Crippen LogP contribution in [-0.2, 0) is 17.8 Å². The van der Waals surface area contributed by atoms with Crippen LogP contribution in [0.15, 0.2) is 42.5 Å². The summed E-state index contributed by atoms with van der Waals surface area (Å²) in [6.07, 6.45) is -1.88. The van der Waals surface area contributed by atoms with E-state index in [1.165, 1.54) is 16.8 Å². The lowest BCUT2D eigenvalue weighted by Gasteiger charge is -2.25. The van der Waals surface area contributed by atoms with E-state index in [0.29, 0.717) is 0 Å². The zero-order chi connectivity index (χ0) is 21.0. The Labute approximate surface area is 167 Å². The summed E-state index contributed by atoms with van der Waals surface area (Å²) >= 11 is 0. The number of nitrogens with two attached hydrogens (primary N) is 1. The average Bonchev–Trinajstić information content (AvgIpc) is 3.10. The van der Waals surface area contributed by atoms with E-state index in [9.17, 15) is 18.0 Å². The number of benzene rings is 2. The summed E-state index contributed by atoms with van der Waals surface area (Å²) in [4.78, 5) is 14.9. The van der Waals surface area contributed by atoms with Crippen LogP contribution < -0.4 is 10.6 Å². The van der Waals surface area contributed by atoms with Crippen molar-refractivity contribution in [3.63, 3.8) is 0 Å². The molecular formula is C21H24F3N3O2. The number of carbonyl (C=O) groups excluding carboxylic acids is 1. The Balaban J connectivity index is 1.65. The largest absolute Gasteiger partial charge is 0.445 e. The highest BCUT2D eigenvalue weighted by molar-refractivity contribution is 5.68. The lowest BCUT2D eigenvalue weighted by atomic mass is 10.1. The zero-order valence-corrected chi connectivity index (χ0v) is 16.2. The minimum Gasteiger partial charge on any atom is -0.445 e. The molecule has 0 aromatic heterocycles. The van der Waals surface area contributed by atoms with Crippen molar-refractivity contribution in [2.24, 2.45) is 5.73 Å². The molecule has 1 fully saturated rings. The van der Waals surface area contributed by atoms with Crippen molar-refractivity contribution in [3.8, 4) is 0 Å². The Hall–Kier alpha value is -2.74. The van der Waals surface area contributed by atoms with E-state index in [4.69, 9.17) is 10.5 Å². The monoisotopic (exact) mass is 407 g/mol. The van der Waals surface area contributed by atoms with Crippen LogP contribution >= 0.6 is 0 Å². The van der Waals surface area contributed by atoms with Gasteiger partial charge in [0.2, 0.25) is 0 Å². The van der Waals surface area contributed by atoms with Crippen molar-refractivity contribution < 1.29 is 22.7 Å². The van der Waals surface area contributed by atoms with Gasteiger partial charge in [-0.3, -0.25) is 0 Å². The molecule has 5 nitrogen and oxygen atoms in total. The third-order valence-corrected chi connectivity index (χ3v) is 5.08. The number of alkyl halides is 1. The number of anilines is 1. The summed E-state index contributed by atoms with van der Waals surface area (Å²) in [5, 5.41) is 0. The van der Waals surface area contributed by atoms with Gasteiger partial charge in [-0.2, -0.15) is 0 Å². The number of carbonyl (C=O) groups is 1. The van der Waals surface area contributed by atoms with Gasteiger partial charge in [0.05, 0.1) is 18.3 Å². The van der Waals surface area contributed by atoms with Gasteiger partial charge in [0, 0.05) is 19.7 Å². The van der Waals surface area contributed by atoms with Crippen LogP contribution in [0, 0.1) is 11.6 Å². The van der Waals surface area contributed by atoms with Crippen LogP contribution in [0.2, 0.25) is 0 Å². The molecule has 1 aliphatic heterocycles. The third kappa shape index (κ3) is 4.82. The van der Waals surface area contributed by atoms with E-state index < -0.39 is 29.9 Å². The fourth-order valence-corrected chi connectivity index (χ4v) is 3.43. The van der Waals surface area contributed by atoms with Gasteiger partial charge in [-0.1, -0.05) is 30.3 Å². The molecule has 1 saturated heterocycles. The molecule has 0 bridgehead atoms. The predicted octanol–water partition coefficient (Wildman–Crippen LogP) is 3.26. The average molecular weight is 407 g/mol. The number of rotatable bonds is 6. The number of hydrogen-bond acceptors (Lipinski definition) is 4. The Kier molecular flexibility index (Phi) is 6.64. The molecule has 2 aromatic rings. The second-order valence-electron chi connectivity index (χ2n) is 7.07. The predicted molar refractivity (Wildman–Crippen MR) is 104 cm³/mol. The van der Waals surface area contributed by atoms with Crippen LogP contribution in [0.25, 0.3) is 0 Å². The Morgan fingerprint density at radius 3 is 2.62 bits per heavy atom. The van der Waals surface area contributed by atoms with Gasteiger partial charge in [-0.25, -0.2) is 18.0 Å². The Morgan fingerprint density at radius 1 is 1.21 bits per heavy atom. The molecule has 8 heteroatoms. The lowest BCUT2D eigenvalue weighted by molar-refractivity contribution is 0.0815. The maximum atomic E-state index is 14.6. The molecule has 156 valence electrons. The molecule has 2 atom stereocenters. The zero-order valence-electron chi connectivity index (χ0n) is 16.2. The summed E-state index contributed by atoms with van der Waals surface area (Å²) in [6, 6.07) is 10.5. The molecule has 1 aliphatic rings.